The normalized spacial score (nSPS) is 10.7. The first-order valence-electron chi connectivity index (χ1n) is 9.40. The highest BCUT2D eigenvalue weighted by Crippen LogP contribution is 2.29. The number of aryl methyl sites for hydroxylation is 2. The molecule has 5 heteroatoms. The number of hydrogen-bond donors (Lipinski definition) is 0. The molecule has 29 heavy (non-hydrogen) atoms. The molecule has 0 aliphatic rings. The number of aromatic nitrogens is 2. The van der Waals surface area contributed by atoms with Crippen LogP contribution in [0.2, 0.25) is 0 Å². The predicted octanol–water partition coefficient (Wildman–Crippen LogP) is 5.61. The summed E-state index contributed by atoms with van der Waals surface area (Å²) in [5.74, 6) is 2.63. The Labute approximate surface area is 169 Å². The largest absolute Gasteiger partial charge is 0.496 e. The highest BCUT2D eigenvalue weighted by Gasteiger charge is 2.14. The molecule has 5 nitrogen and oxygen atoms in total. The molecule has 0 bridgehead atoms. The van der Waals surface area contributed by atoms with Crippen LogP contribution < -0.4 is 9.47 Å². The third-order valence-electron chi connectivity index (χ3n) is 4.71. The number of benzene rings is 3. The molecule has 0 radical (unpaired) electrons. The van der Waals surface area contributed by atoms with Gasteiger partial charge in [0.25, 0.3) is 5.89 Å². The van der Waals surface area contributed by atoms with E-state index in [9.17, 15) is 0 Å². The summed E-state index contributed by atoms with van der Waals surface area (Å²) in [7, 11) is 1.65. The second-order valence-corrected chi connectivity index (χ2v) is 6.87. The van der Waals surface area contributed by atoms with Gasteiger partial charge in [-0.3, -0.25) is 0 Å². The molecule has 0 aliphatic carbocycles. The lowest BCUT2D eigenvalue weighted by Crippen LogP contribution is -2.00. The summed E-state index contributed by atoms with van der Waals surface area (Å²) in [4.78, 5) is 4.53. The maximum absolute atomic E-state index is 6.06. The van der Waals surface area contributed by atoms with E-state index in [1.165, 1.54) is 0 Å². The van der Waals surface area contributed by atoms with Crippen molar-refractivity contribution >= 4 is 0 Å². The van der Waals surface area contributed by atoms with Gasteiger partial charge < -0.3 is 14.0 Å². The Balaban J connectivity index is 1.60. The predicted molar refractivity (Wildman–Crippen MR) is 112 cm³/mol. The van der Waals surface area contributed by atoms with Gasteiger partial charge in [0.15, 0.2) is 0 Å². The van der Waals surface area contributed by atoms with E-state index in [4.69, 9.17) is 14.0 Å². The van der Waals surface area contributed by atoms with Crippen LogP contribution in [0.5, 0.6) is 11.5 Å². The first kappa shape index (κ1) is 18.7. The highest BCUT2D eigenvalue weighted by atomic mass is 16.5. The van der Waals surface area contributed by atoms with E-state index in [0.717, 1.165) is 39.3 Å². The Kier molecular flexibility index (Phi) is 5.29. The zero-order valence-electron chi connectivity index (χ0n) is 16.7. The van der Waals surface area contributed by atoms with Gasteiger partial charge in [-0.2, -0.15) is 4.98 Å². The van der Waals surface area contributed by atoms with Crippen LogP contribution in [-0.4, -0.2) is 17.3 Å². The fraction of sp³-hybridized carbons (Fsp3) is 0.167. The molecule has 0 amide bonds. The summed E-state index contributed by atoms with van der Waals surface area (Å²) < 4.78 is 17.1. The fourth-order valence-corrected chi connectivity index (χ4v) is 3.09. The molecular weight excluding hydrogens is 364 g/mol. The standard InChI is InChI=1S/C24H22N2O3/c1-16-9-10-17(2)22(13-16)28-15-20-14-19(11-12-21(20)27-3)24-25-23(26-29-24)18-7-5-4-6-8-18/h4-14H,15H2,1-3H3. The lowest BCUT2D eigenvalue weighted by molar-refractivity contribution is 0.294. The van der Waals surface area contributed by atoms with E-state index in [1.807, 2.05) is 68.4 Å². The van der Waals surface area contributed by atoms with Gasteiger partial charge in [0.05, 0.1) is 7.11 Å². The molecule has 0 unspecified atom stereocenters. The molecule has 0 atom stereocenters. The minimum absolute atomic E-state index is 0.376. The lowest BCUT2D eigenvalue weighted by Gasteiger charge is -2.13. The molecule has 146 valence electrons. The van der Waals surface area contributed by atoms with Crippen LogP contribution in [0.4, 0.5) is 0 Å². The second kappa shape index (κ2) is 8.19. The van der Waals surface area contributed by atoms with Gasteiger partial charge in [-0.1, -0.05) is 47.6 Å². The Hall–Kier alpha value is -3.60. The van der Waals surface area contributed by atoms with Gasteiger partial charge >= 0.3 is 0 Å². The summed E-state index contributed by atoms with van der Waals surface area (Å²) in [5, 5.41) is 4.10. The average Bonchev–Trinajstić information content (AvgIpc) is 3.25. The van der Waals surface area contributed by atoms with Crippen LogP contribution in [-0.2, 0) is 6.61 Å². The number of hydrogen-bond acceptors (Lipinski definition) is 5. The van der Waals surface area contributed by atoms with Crippen molar-refractivity contribution in [3.63, 3.8) is 0 Å². The van der Waals surface area contributed by atoms with Crippen molar-refractivity contribution in [2.24, 2.45) is 0 Å². The summed E-state index contributed by atoms with van der Waals surface area (Å²) >= 11 is 0. The van der Waals surface area contributed by atoms with E-state index >= 15 is 0 Å². The maximum Gasteiger partial charge on any atom is 0.258 e. The third kappa shape index (κ3) is 4.14. The monoisotopic (exact) mass is 386 g/mol. The van der Waals surface area contributed by atoms with Gasteiger partial charge in [0.2, 0.25) is 5.82 Å². The highest BCUT2D eigenvalue weighted by molar-refractivity contribution is 5.61. The van der Waals surface area contributed by atoms with E-state index in [-0.39, 0.29) is 0 Å². The molecule has 4 rings (SSSR count). The third-order valence-corrected chi connectivity index (χ3v) is 4.71. The first-order chi connectivity index (χ1) is 14.1. The zero-order chi connectivity index (χ0) is 20.2. The Morgan fingerprint density at radius 2 is 1.69 bits per heavy atom. The summed E-state index contributed by atoms with van der Waals surface area (Å²) in [6.45, 7) is 4.46. The molecule has 3 aromatic carbocycles. The van der Waals surface area contributed by atoms with E-state index in [1.54, 1.807) is 7.11 Å². The minimum Gasteiger partial charge on any atom is -0.496 e. The average molecular weight is 386 g/mol. The Morgan fingerprint density at radius 3 is 2.48 bits per heavy atom. The van der Waals surface area contributed by atoms with Gasteiger partial charge in [-0.05, 0) is 49.2 Å². The Morgan fingerprint density at radius 1 is 0.862 bits per heavy atom. The van der Waals surface area contributed by atoms with Crippen LogP contribution in [0.15, 0.2) is 71.3 Å². The maximum atomic E-state index is 6.06. The van der Waals surface area contributed by atoms with E-state index in [2.05, 4.69) is 22.3 Å². The van der Waals surface area contributed by atoms with Crippen LogP contribution in [0.25, 0.3) is 22.8 Å². The van der Waals surface area contributed by atoms with Gasteiger partial charge in [-0.25, -0.2) is 0 Å². The van der Waals surface area contributed by atoms with E-state index in [0.29, 0.717) is 18.3 Å². The van der Waals surface area contributed by atoms with Crippen molar-refractivity contribution in [2.75, 3.05) is 7.11 Å². The van der Waals surface area contributed by atoms with Crippen LogP contribution in [0.1, 0.15) is 16.7 Å². The molecular formula is C24H22N2O3. The number of ether oxygens (including phenoxy) is 2. The van der Waals surface area contributed by atoms with Crippen molar-refractivity contribution < 1.29 is 14.0 Å². The molecule has 1 aromatic heterocycles. The minimum atomic E-state index is 0.376. The molecule has 0 spiro atoms. The van der Waals surface area contributed by atoms with Gasteiger partial charge in [-0.15, -0.1) is 0 Å². The quantitative estimate of drug-likeness (QED) is 0.431. The molecule has 0 N–H and O–H groups in total. The summed E-state index contributed by atoms with van der Waals surface area (Å²) in [6, 6.07) is 21.7. The molecule has 1 heterocycles. The van der Waals surface area contributed by atoms with Crippen molar-refractivity contribution in [3.05, 3.63) is 83.4 Å². The second-order valence-electron chi connectivity index (χ2n) is 6.87. The topological polar surface area (TPSA) is 57.4 Å². The van der Waals surface area contributed by atoms with Crippen LogP contribution >= 0.6 is 0 Å². The number of methoxy groups -OCH3 is 1. The van der Waals surface area contributed by atoms with Crippen molar-refractivity contribution in [3.8, 4) is 34.3 Å². The van der Waals surface area contributed by atoms with Crippen molar-refractivity contribution in [1.82, 2.24) is 10.1 Å². The molecule has 0 fully saturated rings. The Bertz CT molecular complexity index is 1120. The fourth-order valence-electron chi connectivity index (χ4n) is 3.09. The van der Waals surface area contributed by atoms with E-state index < -0.39 is 0 Å². The lowest BCUT2D eigenvalue weighted by atomic mass is 10.1. The van der Waals surface area contributed by atoms with Gasteiger partial charge in [0.1, 0.15) is 18.1 Å². The van der Waals surface area contributed by atoms with Gasteiger partial charge in [0, 0.05) is 16.7 Å². The number of nitrogens with zero attached hydrogens (tertiary/aromatic N) is 2. The smallest absolute Gasteiger partial charge is 0.258 e. The molecule has 0 aliphatic heterocycles. The SMILES string of the molecule is COc1ccc(-c2nc(-c3ccccc3)no2)cc1COc1cc(C)ccc1C. The first-order valence-corrected chi connectivity index (χ1v) is 9.40. The number of rotatable bonds is 6. The molecule has 4 aromatic rings. The van der Waals surface area contributed by atoms with Crippen molar-refractivity contribution in [2.45, 2.75) is 20.5 Å². The van der Waals surface area contributed by atoms with Crippen LogP contribution in [0, 0.1) is 13.8 Å². The summed E-state index contributed by atoms with van der Waals surface area (Å²) in [6.07, 6.45) is 0. The summed E-state index contributed by atoms with van der Waals surface area (Å²) in [5.41, 5.74) is 4.89. The van der Waals surface area contributed by atoms with Crippen molar-refractivity contribution in [1.29, 1.82) is 0 Å². The molecule has 0 saturated carbocycles. The zero-order valence-corrected chi connectivity index (χ0v) is 16.7. The molecule has 0 saturated heterocycles. The van der Waals surface area contributed by atoms with Crippen LogP contribution in [0.3, 0.4) is 0 Å².